The lowest BCUT2D eigenvalue weighted by Gasteiger charge is -2.39. The van der Waals surface area contributed by atoms with E-state index in [9.17, 15) is 24.9 Å². The Morgan fingerprint density at radius 3 is 2.61 bits per heavy atom. The highest BCUT2D eigenvalue weighted by molar-refractivity contribution is 5.85. The summed E-state index contributed by atoms with van der Waals surface area (Å²) in [6.07, 6.45) is 7.29. The number of unbranched alkanes of at least 4 members (excludes halogenated alkanes) is 1. The third kappa shape index (κ3) is 7.90. The van der Waals surface area contributed by atoms with Gasteiger partial charge in [-0.3, -0.25) is 9.59 Å². The van der Waals surface area contributed by atoms with Gasteiger partial charge >= 0.3 is 0 Å². The van der Waals surface area contributed by atoms with Crippen molar-refractivity contribution in [2.45, 2.75) is 88.7 Å². The number of benzene rings is 2. The fourth-order valence-electron chi connectivity index (χ4n) is 7.52. The van der Waals surface area contributed by atoms with Gasteiger partial charge in [-0.2, -0.15) is 0 Å². The molecule has 0 bridgehead atoms. The molecule has 3 aliphatic rings. The number of Topliss-reactive ketones (excluding diaryl/α,β-unsaturated/α-hetero) is 2. The zero-order valence-corrected chi connectivity index (χ0v) is 25.8. The normalized spacial score (nSPS) is 26.6. The second-order valence-corrected chi connectivity index (χ2v) is 13.1. The minimum atomic E-state index is -0.861. The first kappa shape index (κ1) is 32.2. The Morgan fingerprint density at radius 1 is 1.05 bits per heavy atom. The Balaban J connectivity index is 1.27. The lowest BCUT2D eigenvalue weighted by Crippen LogP contribution is -2.48. The van der Waals surface area contributed by atoms with Crippen LogP contribution in [0.15, 0.2) is 42.5 Å². The number of nitrogens with one attached hydrogen (secondary N) is 1. The molecule has 1 heterocycles. The predicted molar refractivity (Wildman–Crippen MR) is 169 cm³/mol. The molecule has 2 aromatic rings. The molecule has 7 heteroatoms. The van der Waals surface area contributed by atoms with E-state index in [1.165, 1.54) is 7.11 Å². The number of ether oxygens (including phenoxy) is 1. The number of methoxy groups -OCH3 is 1. The second kappa shape index (κ2) is 15.2. The lowest BCUT2D eigenvalue weighted by atomic mass is 9.74. The summed E-state index contributed by atoms with van der Waals surface area (Å²) in [6, 6.07) is 13.7. The van der Waals surface area contributed by atoms with Crippen molar-refractivity contribution in [1.82, 2.24) is 5.32 Å². The van der Waals surface area contributed by atoms with Gasteiger partial charge < -0.3 is 25.4 Å². The molecule has 0 spiro atoms. The lowest BCUT2D eigenvalue weighted by molar-refractivity contribution is -0.124. The summed E-state index contributed by atoms with van der Waals surface area (Å²) in [4.78, 5) is 25.2. The van der Waals surface area contributed by atoms with Crippen molar-refractivity contribution in [3.63, 3.8) is 0 Å². The van der Waals surface area contributed by atoms with Crippen LogP contribution in [0.1, 0.15) is 80.4 Å². The van der Waals surface area contributed by atoms with Gasteiger partial charge in [0.2, 0.25) is 0 Å². The highest BCUT2D eigenvalue weighted by Crippen LogP contribution is 2.38. The van der Waals surface area contributed by atoms with Crippen LogP contribution < -0.4 is 10.1 Å². The van der Waals surface area contributed by atoms with Crippen molar-refractivity contribution in [3.8, 4) is 23.3 Å². The Bertz CT molecular complexity index is 1350. The summed E-state index contributed by atoms with van der Waals surface area (Å²) in [7, 11) is 1.50. The van der Waals surface area contributed by atoms with Gasteiger partial charge in [0.25, 0.3) is 0 Å². The molecule has 0 unspecified atom stereocenters. The number of phenolic OH excluding ortho intramolecular Hbond substituents is 1. The predicted octanol–water partition coefficient (Wildman–Crippen LogP) is 4.74. The van der Waals surface area contributed by atoms with Crippen molar-refractivity contribution in [1.29, 1.82) is 0 Å². The van der Waals surface area contributed by atoms with Gasteiger partial charge in [0.1, 0.15) is 11.7 Å². The van der Waals surface area contributed by atoms with E-state index in [-0.39, 0.29) is 30.5 Å². The number of aromatic hydroxyl groups is 1. The first-order valence-electron chi connectivity index (χ1n) is 16.4. The molecule has 1 saturated carbocycles. The molecule has 2 fully saturated rings. The molecular formula is C37H47NO6. The fraction of sp³-hybridized carbons (Fsp3) is 0.568. The molecule has 5 rings (SSSR count). The van der Waals surface area contributed by atoms with Gasteiger partial charge in [0.05, 0.1) is 19.1 Å². The van der Waals surface area contributed by atoms with Gasteiger partial charge in [-0.25, -0.2) is 0 Å². The van der Waals surface area contributed by atoms with Crippen LogP contribution in [0.5, 0.6) is 11.5 Å². The molecule has 0 amide bonds. The SMILES string of the molecule is COc1cc2c(cc1O)[C@H]([C@H](CO)Cc1ccccc1)C#C[C@H]([C@H](O)CCCC[C@H]1CN[C@@H]3CC(=O)CC[C@H]3C1)C(=O)CC2. The van der Waals surface area contributed by atoms with Crippen molar-refractivity contribution in [2.75, 3.05) is 20.3 Å². The van der Waals surface area contributed by atoms with Crippen molar-refractivity contribution in [2.24, 2.45) is 23.7 Å². The maximum absolute atomic E-state index is 13.4. The van der Waals surface area contributed by atoms with E-state index in [0.717, 1.165) is 55.3 Å². The first-order chi connectivity index (χ1) is 21.4. The largest absolute Gasteiger partial charge is 0.504 e. The standard InChI is InChI=1S/C37H47NO6/c1-44-37-19-26-12-16-35(42)31(34(41)10-6-5-9-25-18-27-11-13-29(40)20-33(27)38-22-25)15-14-30(32(26)21-36(37)43)28(23-39)17-24-7-3-2-4-8-24/h2-4,7-8,19,21,25,27-28,30-31,33-34,38-39,41,43H,5-6,9-13,16-18,20,22-23H2,1H3/t25-,27+,28+,30+,31-,33-,34-/m1/s1. The molecule has 2 aliphatic carbocycles. The zero-order chi connectivity index (χ0) is 31.1. The number of aliphatic hydroxyl groups is 2. The number of carbonyl (C=O) groups is 2. The van der Waals surface area contributed by atoms with Crippen LogP contribution in [-0.2, 0) is 22.4 Å². The Hall–Kier alpha value is -3.18. The topological polar surface area (TPSA) is 116 Å². The number of phenols is 1. The maximum Gasteiger partial charge on any atom is 0.160 e. The minimum Gasteiger partial charge on any atom is -0.504 e. The minimum absolute atomic E-state index is 0.00253. The summed E-state index contributed by atoms with van der Waals surface area (Å²) in [5.74, 6) is 6.78. The molecule has 2 aromatic carbocycles. The Labute approximate surface area is 261 Å². The van der Waals surface area contributed by atoms with Crippen LogP contribution >= 0.6 is 0 Å². The molecule has 0 radical (unpaired) electrons. The average molecular weight is 602 g/mol. The molecule has 4 N–H and O–H groups in total. The van der Waals surface area contributed by atoms with Crippen molar-refractivity contribution in [3.05, 3.63) is 59.2 Å². The number of hydrogen-bond donors (Lipinski definition) is 4. The first-order valence-corrected chi connectivity index (χ1v) is 16.4. The molecule has 236 valence electrons. The van der Waals surface area contributed by atoms with Crippen molar-refractivity contribution < 1.29 is 29.6 Å². The van der Waals surface area contributed by atoms with Crippen LogP contribution in [0.2, 0.25) is 0 Å². The van der Waals surface area contributed by atoms with E-state index < -0.39 is 17.9 Å². The third-order valence-corrected chi connectivity index (χ3v) is 10.1. The molecule has 7 nitrogen and oxygen atoms in total. The number of carbonyl (C=O) groups excluding carboxylic acids is 2. The van der Waals surface area contributed by atoms with Crippen LogP contribution in [0.4, 0.5) is 0 Å². The van der Waals surface area contributed by atoms with E-state index in [1.807, 2.05) is 30.3 Å². The van der Waals surface area contributed by atoms with E-state index in [0.29, 0.717) is 61.5 Å². The van der Waals surface area contributed by atoms with Gasteiger partial charge in [0.15, 0.2) is 17.3 Å². The highest BCUT2D eigenvalue weighted by Gasteiger charge is 2.35. The summed E-state index contributed by atoms with van der Waals surface area (Å²) in [5.41, 5.74) is 2.72. The molecular weight excluding hydrogens is 554 g/mol. The van der Waals surface area contributed by atoms with Crippen LogP contribution in [-0.4, -0.2) is 59.3 Å². The van der Waals surface area contributed by atoms with Gasteiger partial charge in [-0.1, -0.05) is 55.0 Å². The number of aliphatic hydroxyl groups excluding tert-OH is 2. The fourth-order valence-corrected chi connectivity index (χ4v) is 7.52. The molecule has 1 aliphatic heterocycles. The number of aryl methyl sites for hydroxylation is 1. The van der Waals surface area contributed by atoms with Gasteiger partial charge in [0, 0.05) is 37.8 Å². The number of rotatable bonds is 11. The van der Waals surface area contributed by atoms with E-state index in [2.05, 4.69) is 17.2 Å². The highest BCUT2D eigenvalue weighted by atomic mass is 16.5. The van der Waals surface area contributed by atoms with E-state index >= 15 is 0 Å². The molecule has 1 saturated heterocycles. The zero-order valence-electron chi connectivity index (χ0n) is 25.8. The number of piperidine rings is 1. The smallest absolute Gasteiger partial charge is 0.160 e. The molecule has 0 aromatic heterocycles. The van der Waals surface area contributed by atoms with E-state index in [4.69, 9.17) is 4.74 Å². The number of fused-ring (bicyclic) bond motifs is 2. The summed E-state index contributed by atoms with van der Waals surface area (Å²) in [6.45, 7) is 0.830. The second-order valence-electron chi connectivity index (χ2n) is 13.1. The van der Waals surface area contributed by atoms with Gasteiger partial charge in [-0.05, 0) is 85.7 Å². The van der Waals surface area contributed by atoms with Gasteiger partial charge in [-0.15, -0.1) is 0 Å². The molecule has 44 heavy (non-hydrogen) atoms. The summed E-state index contributed by atoms with van der Waals surface area (Å²) >= 11 is 0. The summed E-state index contributed by atoms with van der Waals surface area (Å²) in [5, 5.41) is 36.1. The van der Waals surface area contributed by atoms with Crippen LogP contribution in [0, 0.1) is 35.5 Å². The van der Waals surface area contributed by atoms with E-state index in [1.54, 1.807) is 12.1 Å². The molecule has 7 atom stereocenters. The van der Waals surface area contributed by atoms with Crippen LogP contribution in [0.3, 0.4) is 0 Å². The number of ketones is 2. The van der Waals surface area contributed by atoms with Crippen molar-refractivity contribution >= 4 is 11.6 Å². The quantitative estimate of drug-likeness (QED) is 0.217. The maximum atomic E-state index is 13.4. The van der Waals surface area contributed by atoms with Crippen LogP contribution in [0.25, 0.3) is 0 Å². The average Bonchev–Trinajstić information content (AvgIpc) is 3.10. The monoisotopic (exact) mass is 601 g/mol. The Kier molecular flexibility index (Phi) is 11.1. The third-order valence-electron chi connectivity index (χ3n) is 10.1. The summed E-state index contributed by atoms with van der Waals surface area (Å²) < 4.78 is 5.37. The Morgan fingerprint density at radius 2 is 1.84 bits per heavy atom. The number of hydrogen-bond acceptors (Lipinski definition) is 7.